The van der Waals surface area contributed by atoms with Crippen molar-refractivity contribution in [1.29, 1.82) is 0 Å². The Morgan fingerprint density at radius 3 is 2.27 bits per heavy atom. The first-order valence-corrected chi connectivity index (χ1v) is 4.42. The zero-order chi connectivity index (χ0) is 8.91. The minimum absolute atomic E-state index is 0.392. The lowest BCUT2D eigenvalue weighted by Gasteiger charge is -2.26. The number of carbonyl (C=O) groups is 1. The van der Waals surface area contributed by atoms with Crippen LogP contribution in [0.3, 0.4) is 0 Å². The Balaban J connectivity index is 3.52. The van der Waals surface area contributed by atoms with Gasteiger partial charge in [-0.05, 0) is 24.2 Å². The molecule has 66 valence electrons. The molecule has 1 atom stereocenters. The highest BCUT2D eigenvalue weighted by molar-refractivity contribution is 5.48. The van der Waals surface area contributed by atoms with Crippen molar-refractivity contribution in [2.75, 3.05) is 0 Å². The van der Waals surface area contributed by atoms with Gasteiger partial charge in [-0.2, -0.15) is 0 Å². The van der Waals surface area contributed by atoms with Crippen LogP contribution >= 0.6 is 0 Å². The molecule has 0 aliphatic rings. The third kappa shape index (κ3) is 5.00. The van der Waals surface area contributed by atoms with Gasteiger partial charge < -0.3 is 4.79 Å². The second-order valence-electron chi connectivity index (χ2n) is 4.36. The zero-order valence-electron chi connectivity index (χ0n) is 8.18. The molecule has 0 radical (unpaired) electrons. The van der Waals surface area contributed by atoms with Crippen LogP contribution in [0.2, 0.25) is 0 Å². The molecule has 0 bridgehead atoms. The summed E-state index contributed by atoms with van der Waals surface area (Å²) >= 11 is 0. The van der Waals surface area contributed by atoms with Crippen molar-refractivity contribution in [3.05, 3.63) is 0 Å². The smallest absolute Gasteiger partial charge is 0.119 e. The average molecular weight is 156 g/mol. The largest absolute Gasteiger partial charge is 0.303 e. The van der Waals surface area contributed by atoms with Crippen molar-refractivity contribution >= 4 is 6.29 Å². The van der Waals surface area contributed by atoms with E-state index in [1.54, 1.807) is 0 Å². The van der Waals surface area contributed by atoms with Crippen LogP contribution in [0.15, 0.2) is 0 Å². The maximum absolute atomic E-state index is 10.0. The van der Waals surface area contributed by atoms with Gasteiger partial charge in [-0.3, -0.25) is 0 Å². The van der Waals surface area contributed by atoms with Crippen molar-refractivity contribution in [1.82, 2.24) is 0 Å². The number of unbranched alkanes of at least 4 members (excludes halogenated alkanes) is 1. The minimum Gasteiger partial charge on any atom is -0.303 e. The van der Waals surface area contributed by atoms with Crippen LogP contribution in [-0.4, -0.2) is 6.29 Å². The van der Waals surface area contributed by atoms with Gasteiger partial charge in [-0.15, -0.1) is 0 Å². The summed E-state index contributed by atoms with van der Waals surface area (Å²) in [6, 6.07) is 0. The number of aldehydes is 1. The van der Waals surface area contributed by atoms with Gasteiger partial charge in [0.2, 0.25) is 0 Å². The summed E-state index contributed by atoms with van der Waals surface area (Å²) in [7, 11) is 0. The molecule has 11 heavy (non-hydrogen) atoms. The topological polar surface area (TPSA) is 17.1 Å². The summed E-state index contributed by atoms with van der Waals surface area (Å²) in [6.07, 6.45) is 3.94. The maximum atomic E-state index is 10.0. The van der Waals surface area contributed by atoms with Gasteiger partial charge in [0.15, 0.2) is 0 Å². The Morgan fingerprint density at radius 2 is 1.91 bits per heavy atom. The van der Waals surface area contributed by atoms with Crippen LogP contribution in [-0.2, 0) is 4.79 Å². The molecule has 0 aromatic rings. The van der Waals surface area contributed by atoms with E-state index in [0.29, 0.717) is 11.3 Å². The molecule has 0 amide bonds. The number of carbonyl (C=O) groups excluding carboxylic acids is 1. The molecule has 0 aliphatic carbocycles. The van der Waals surface area contributed by atoms with E-state index in [4.69, 9.17) is 0 Å². The van der Waals surface area contributed by atoms with Crippen LogP contribution in [0.5, 0.6) is 0 Å². The van der Waals surface area contributed by atoms with Crippen molar-refractivity contribution in [3.63, 3.8) is 0 Å². The van der Waals surface area contributed by atoms with Crippen molar-refractivity contribution in [2.24, 2.45) is 11.3 Å². The number of rotatable bonds is 4. The molecule has 0 saturated carbocycles. The molecule has 1 unspecified atom stereocenters. The molecule has 1 nitrogen and oxygen atoms in total. The highest BCUT2D eigenvalue weighted by atomic mass is 16.1. The van der Waals surface area contributed by atoms with E-state index in [1.807, 2.05) is 0 Å². The summed E-state index contributed by atoms with van der Waals surface area (Å²) in [4.78, 5) is 10.0. The Kier molecular flexibility index (Phi) is 4.39. The van der Waals surface area contributed by atoms with Crippen LogP contribution in [0.4, 0.5) is 0 Å². The lowest BCUT2D eigenvalue weighted by Crippen LogP contribution is -2.16. The van der Waals surface area contributed by atoms with Crippen molar-refractivity contribution in [2.45, 2.75) is 47.0 Å². The molecule has 0 heterocycles. The van der Waals surface area contributed by atoms with Gasteiger partial charge in [0.05, 0.1) is 0 Å². The quantitative estimate of drug-likeness (QED) is 0.451. The molecule has 0 N–H and O–H groups in total. The van der Waals surface area contributed by atoms with Crippen LogP contribution in [0.1, 0.15) is 47.0 Å². The van der Waals surface area contributed by atoms with Gasteiger partial charge in [0.25, 0.3) is 0 Å². The van der Waals surface area contributed by atoms with Gasteiger partial charge in [-0.1, -0.05) is 27.7 Å². The molecule has 0 aromatic carbocycles. The van der Waals surface area contributed by atoms with Gasteiger partial charge in [0.1, 0.15) is 6.29 Å². The van der Waals surface area contributed by atoms with E-state index in [9.17, 15) is 4.79 Å². The monoisotopic (exact) mass is 156 g/mol. The second kappa shape index (κ2) is 4.53. The Labute approximate surface area is 70.2 Å². The number of hydrogen-bond donors (Lipinski definition) is 0. The van der Waals surface area contributed by atoms with Crippen molar-refractivity contribution < 1.29 is 4.79 Å². The first-order valence-electron chi connectivity index (χ1n) is 4.42. The van der Waals surface area contributed by atoms with Crippen LogP contribution < -0.4 is 0 Å². The SMILES string of the molecule is CC(CCCC=O)C(C)(C)C. The lowest BCUT2D eigenvalue weighted by atomic mass is 9.79. The first-order chi connectivity index (χ1) is 4.98. The predicted octanol–water partition coefficient (Wildman–Crippen LogP) is 3.04. The molecular formula is C10H20O. The zero-order valence-corrected chi connectivity index (χ0v) is 8.18. The van der Waals surface area contributed by atoms with Crippen LogP contribution in [0.25, 0.3) is 0 Å². The summed E-state index contributed by atoms with van der Waals surface area (Å²) in [5, 5.41) is 0. The molecule has 0 aliphatic heterocycles. The molecule has 0 saturated heterocycles. The molecular weight excluding hydrogens is 136 g/mol. The summed E-state index contributed by atoms with van der Waals surface area (Å²) < 4.78 is 0. The fourth-order valence-corrected chi connectivity index (χ4v) is 0.940. The first kappa shape index (κ1) is 10.7. The molecule has 0 aromatic heterocycles. The maximum Gasteiger partial charge on any atom is 0.119 e. The number of hydrogen-bond acceptors (Lipinski definition) is 1. The Morgan fingerprint density at radius 1 is 1.36 bits per heavy atom. The minimum atomic E-state index is 0.392. The molecule has 0 spiro atoms. The third-order valence-corrected chi connectivity index (χ3v) is 2.44. The normalized spacial score (nSPS) is 14.5. The fraction of sp³-hybridized carbons (Fsp3) is 0.900. The predicted molar refractivity (Wildman–Crippen MR) is 48.5 cm³/mol. The fourth-order valence-electron chi connectivity index (χ4n) is 0.940. The molecule has 0 rings (SSSR count). The Bertz CT molecular complexity index is 111. The van der Waals surface area contributed by atoms with Crippen LogP contribution in [0, 0.1) is 11.3 Å². The summed E-state index contributed by atoms with van der Waals surface area (Å²) in [5.74, 6) is 0.711. The van der Waals surface area contributed by atoms with E-state index >= 15 is 0 Å². The lowest BCUT2D eigenvalue weighted by molar-refractivity contribution is -0.108. The van der Waals surface area contributed by atoms with E-state index in [2.05, 4.69) is 27.7 Å². The summed E-state index contributed by atoms with van der Waals surface area (Å²) in [5.41, 5.74) is 0.392. The van der Waals surface area contributed by atoms with Crippen molar-refractivity contribution in [3.8, 4) is 0 Å². The molecule has 0 fully saturated rings. The molecule has 1 heteroatoms. The Hall–Kier alpha value is -0.330. The van der Waals surface area contributed by atoms with E-state index in [1.165, 1.54) is 6.42 Å². The second-order valence-corrected chi connectivity index (χ2v) is 4.36. The third-order valence-electron chi connectivity index (χ3n) is 2.44. The summed E-state index contributed by atoms with van der Waals surface area (Å²) in [6.45, 7) is 9.00. The highest BCUT2D eigenvalue weighted by Gasteiger charge is 2.18. The standard InChI is InChI=1S/C10H20O/c1-9(10(2,3)4)7-5-6-8-11/h8-9H,5-7H2,1-4H3. The van der Waals surface area contributed by atoms with E-state index in [-0.39, 0.29) is 0 Å². The van der Waals surface area contributed by atoms with E-state index < -0.39 is 0 Å². The highest BCUT2D eigenvalue weighted by Crippen LogP contribution is 2.29. The van der Waals surface area contributed by atoms with Gasteiger partial charge in [0, 0.05) is 6.42 Å². The average Bonchev–Trinajstić information content (AvgIpc) is 1.86. The van der Waals surface area contributed by atoms with Gasteiger partial charge in [-0.25, -0.2) is 0 Å². The van der Waals surface area contributed by atoms with Gasteiger partial charge >= 0.3 is 0 Å². The van der Waals surface area contributed by atoms with E-state index in [0.717, 1.165) is 19.1 Å².